The maximum Gasteiger partial charge on any atom is 0.229 e. The van der Waals surface area contributed by atoms with Crippen LogP contribution < -0.4 is 16.4 Å². The lowest BCUT2D eigenvalue weighted by Gasteiger charge is -2.17. The highest BCUT2D eigenvalue weighted by Crippen LogP contribution is 2.28. The van der Waals surface area contributed by atoms with Crippen molar-refractivity contribution in [2.24, 2.45) is 5.73 Å². The van der Waals surface area contributed by atoms with Gasteiger partial charge in [0, 0.05) is 44.0 Å². The third kappa shape index (κ3) is 3.50. The smallest absolute Gasteiger partial charge is 0.229 e. The van der Waals surface area contributed by atoms with Crippen LogP contribution in [0.1, 0.15) is 37.7 Å². The SMILES string of the molecule is CC(C)n1c(Cc2ccccc2-n2cccn2)nc2c(N)nc(N3CCC(N)C3)nc21. The summed E-state index contributed by atoms with van der Waals surface area (Å²) in [6.45, 7) is 5.85. The molecule has 1 saturated heterocycles. The van der Waals surface area contributed by atoms with Crippen LogP contribution >= 0.6 is 0 Å². The van der Waals surface area contributed by atoms with E-state index in [4.69, 9.17) is 21.4 Å². The Bertz CT molecular complexity index is 1210. The first-order valence-electron chi connectivity index (χ1n) is 10.6. The minimum absolute atomic E-state index is 0.143. The Morgan fingerprint density at radius 3 is 2.68 bits per heavy atom. The average Bonchev–Trinajstić information content (AvgIpc) is 3.48. The minimum atomic E-state index is 0.143. The number of para-hydroxylation sites is 1. The summed E-state index contributed by atoms with van der Waals surface area (Å²) in [6.07, 6.45) is 5.29. The number of nitrogens with two attached hydrogens (primary N) is 2. The van der Waals surface area contributed by atoms with E-state index in [-0.39, 0.29) is 12.1 Å². The van der Waals surface area contributed by atoms with Gasteiger partial charge in [-0.2, -0.15) is 15.1 Å². The first-order chi connectivity index (χ1) is 15.0. The van der Waals surface area contributed by atoms with E-state index in [0.717, 1.165) is 42.2 Å². The van der Waals surface area contributed by atoms with E-state index in [2.05, 4.69) is 45.5 Å². The van der Waals surface area contributed by atoms with Crippen molar-refractivity contribution in [2.75, 3.05) is 23.7 Å². The van der Waals surface area contributed by atoms with Gasteiger partial charge in [0.05, 0.1) is 5.69 Å². The van der Waals surface area contributed by atoms with E-state index in [9.17, 15) is 0 Å². The highest BCUT2D eigenvalue weighted by atomic mass is 15.3. The molecule has 1 aliphatic heterocycles. The Labute approximate surface area is 180 Å². The van der Waals surface area contributed by atoms with Crippen molar-refractivity contribution in [3.63, 3.8) is 0 Å². The summed E-state index contributed by atoms with van der Waals surface area (Å²) in [6, 6.07) is 10.4. The van der Waals surface area contributed by atoms with Crippen LogP contribution in [0.25, 0.3) is 16.9 Å². The van der Waals surface area contributed by atoms with Crippen LogP contribution in [0.15, 0.2) is 42.7 Å². The lowest BCUT2D eigenvalue weighted by Crippen LogP contribution is -2.27. The molecule has 4 N–H and O–H groups in total. The number of hydrogen-bond acceptors (Lipinski definition) is 7. The van der Waals surface area contributed by atoms with E-state index in [1.807, 2.05) is 29.1 Å². The fraction of sp³-hybridized carbons (Fsp3) is 0.364. The molecule has 1 aromatic carbocycles. The maximum absolute atomic E-state index is 6.34. The Morgan fingerprint density at radius 1 is 1.13 bits per heavy atom. The van der Waals surface area contributed by atoms with Gasteiger partial charge in [0.25, 0.3) is 0 Å². The van der Waals surface area contributed by atoms with Crippen molar-refractivity contribution in [3.8, 4) is 5.69 Å². The summed E-state index contributed by atoms with van der Waals surface area (Å²) >= 11 is 0. The second kappa shape index (κ2) is 7.66. The summed E-state index contributed by atoms with van der Waals surface area (Å²) in [5.41, 5.74) is 16.0. The van der Waals surface area contributed by atoms with Crippen molar-refractivity contribution >= 4 is 22.9 Å². The Morgan fingerprint density at radius 2 is 1.97 bits per heavy atom. The van der Waals surface area contributed by atoms with Crippen molar-refractivity contribution in [2.45, 2.75) is 38.8 Å². The molecule has 0 radical (unpaired) electrons. The number of imidazole rings is 1. The minimum Gasteiger partial charge on any atom is -0.382 e. The lowest BCUT2D eigenvalue weighted by atomic mass is 10.1. The molecule has 0 aliphatic carbocycles. The molecule has 1 atom stereocenters. The van der Waals surface area contributed by atoms with Gasteiger partial charge in [0.15, 0.2) is 17.0 Å². The van der Waals surface area contributed by atoms with Crippen molar-refractivity contribution in [1.82, 2.24) is 29.3 Å². The van der Waals surface area contributed by atoms with E-state index in [1.54, 1.807) is 6.20 Å². The highest BCUT2D eigenvalue weighted by molar-refractivity contribution is 5.84. The van der Waals surface area contributed by atoms with Gasteiger partial charge in [-0.25, -0.2) is 9.67 Å². The highest BCUT2D eigenvalue weighted by Gasteiger charge is 2.25. The lowest BCUT2D eigenvalue weighted by molar-refractivity contribution is 0.586. The molecule has 0 spiro atoms. The maximum atomic E-state index is 6.34. The molecule has 0 bridgehead atoms. The number of hydrogen-bond donors (Lipinski definition) is 2. The first kappa shape index (κ1) is 19.5. The molecule has 9 heteroatoms. The number of nitrogens with zero attached hydrogens (tertiary/aromatic N) is 7. The second-order valence-corrected chi connectivity index (χ2v) is 8.32. The van der Waals surface area contributed by atoms with Crippen LogP contribution in [-0.4, -0.2) is 48.4 Å². The first-order valence-corrected chi connectivity index (χ1v) is 10.6. The summed E-state index contributed by atoms with van der Waals surface area (Å²) in [7, 11) is 0. The van der Waals surface area contributed by atoms with E-state index >= 15 is 0 Å². The van der Waals surface area contributed by atoms with Crippen molar-refractivity contribution < 1.29 is 0 Å². The molecule has 4 heterocycles. The van der Waals surface area contributed by atoms with Crippen molar-refractivity contribution in [1.29, 1.82) is 0 Å². The van der Waals surface area contributed by atoms with Gasteiger partial charge in [-0.3, -0.25) is 0 Å². The average molecular weight is 418 g/mol. The fourth-order valence-corrected chi connectivity index (χ4v) is 4.27. The zero-order valence-corrected chi connectivity index (χ0v) is 17.8. The second-order valence-electron chi connectivity index (χ2n) is 8.32. The Balaban J connectivity index is 1.60. The Hall–Kier alpha value is -3.46. The molecule has 1 fully saturated rings. The standard InChI is InChI=1S/C22H27N9/c1-14(2)31-18(12-15-6-3-4-7-17(15)30-10-5-9-25-30)26-19-20(24)27-22(28-21(19)31)29-11-8-16(23)13-29/h3-7,9-10,14,16H,8,11-13,23H2,1-2H3,(H2,24,27,28). The number of rotatable bonds is 5. The molecule has 1 aliphatic rings. The van der Waals surface area contributed by atoms with Gasteiger partial charge >= 0.3 is 0 Å². The van der Waals surface area contributed by atoms with Crippen LogP contribution in [-0.2, 0) is 6.42 Å². The molecule has 0 saturated carbocycles. The molecular formula is C22H27N9. The van der Waals surface area contributed by atoms with E-state index in [1.165, 1.54) is 0 Å². The van der Waals surface area contributed by atoms with Crippen molar-refractivity contribution in [3.05, 3.63) is 54.1 Å². The molecular weight excluding hydrogens is 390 g/mol. The van der Waals surface area contributed by atoms with Gasteiger partial charge in [-0.15, -0.1) is 0 Å². The van der Waals surface area contributed by atoms with Crippen LogP contribution in [0.4, 0.5) is 11.8 Å². The molecule has 4 aromatic rings. The van der Waals surface area contributed by atoms with E-state index in [0.29, 0.717) is 23.7 Å². The quantitative estimate of drug-likeness (QED) is 0.512. The predicted molar refractivity (Wildman–Crippen MR) is 121 cm³/mol. The number of anilines is 2. The number of benzene rings is 1. The van der Waals surface area contributed by atoms with E-state index < -0.39 is 0 Å². The largest absolute Gasteiger partial charge is 0.382 e. The van der Waals surface area contributed by atoms with Crippen LogP contribution in [0.3, 0.4) is 0 Å². The zero-order chi connectivity index (χ0) is 21.5. The summed E-state index contributed by atoms with van der Waals surface area (Å²) < 4.78 is 4.04. The van der Waals surface area contributed by atoms with Gasteiger partial charge < -0.3 is 20.9 Å². The normalized spacial score (nSPS) is 16.6. The van der Waals surface area contributed by atoms with Gasteiger partial charge in [-0.1, -0.05) is 18.2 Å². The molecule has 1 unspecified atom stereocenters. The number of nitrogen functional groups attached to an aromatic ring is 1. The van der Waals surface area contributed by atoms with Gasteiger partial charge in [-0.05, 0) is 38.0 Å². The van der Waals surface area contributed by atoms with Crippen LogP contribution in [0, 0.1) is 0 Å². The topological polar surface area (TPSA) is 117 Å². The van der Waals surface area contributed by atoms with Gasteiger partial charge in [0.2, 0.25) is 5.95 Å². The third-order valence-electron chi connectivity index (χ3n) is 5.74. The zero-order valence-electron chi connectivity index (χ0n) is 17.8. The molecule has 9 nitrogen and oxygen atoms in total. The molecule has 3 aromatic heterocycles. The predicted octanol–water partition coefficient (Wildman–Crippen LogP) is 2.30. The van der Waals surface area contributed by atoms with Crippen LogP contribution in [0.2, 0.25) is 0 Å². The van der Waals surface area contributed by atoms with Crippen LogP contribution in [0.5, 0.6) is 0 Å². The Kier molecular flexibility index (Phi) is 4.82. The molecule has 160 valence electrons. The summed E-state index contributed by atoms with van der Waals surface area (Å²) in [5, 5.41) is 4.40. The third-order valence-corrected chi connectivity index (χ3v) is 5.74. The summed E-state index contributed by atoms with van der Waals surface area (Å²) in [4.78, 5) is 16.4. The summed E-state index contributed by atoms with van der Waals surface area (Å²) in [5.74, 6) is 1.94. The number of fused-ring (bicyclic) bond motifs is 1. The van der Waals surface area contributed by atoms with Gasteiger partial charge in [0.1, 0.15) is 5.82 Å². The molecule has 0 amide bonds. The molecule has 31 heavy (non-hydrogen) atoms. The number of aromatic nitrogens is 6. The molecule has 5 rings (SSSR count). The fourth-order valence-electron chi connectivity index (χ4n) is 4.27. The monoisotopic (exact) mass is 417 g/mol.